The van der Waals surface area contributed by atoms with E-state index in [1.165, 1.54) is 0 Å². The van der Waals surface area contributed by atoms with Gasteiger partial charge >= 0.3 is 5.97 Å². The normalized spacial score (nSPS) is 14.8. The average molecular weight is 492 g/mol. The Morgan fingerprint density at radius 3 is 2.23 bits per heavy atom. The first-order valence-corrected chi connectivity index (χ1v) is 11.8. The molecule has 0 atom stereocenters. The van der Waals surface area contributed by atoms with Crippen LogP contribution in [0, 0.1) is 0 Å². The molecule has 1 aliphatic heterocycles. The Bertz CT molecular complexity index is 1480. The van der Waals surface area contributed by atoms with E-state index in [4.69, 9.17) is 0 Å². The van der Waals surface area contributed by atoms with Crippen molar-refractivity contribution in [2.24, 2.45) is 4.99 Å². The van der Waals surface area contributed by atoms with Crippen LogP contribution >= 0.6 is 0 Å². The first kappa shape index (κ1) is 23.9. The summed E-state index contributed by atoms with van der Waals surface area (Å²) in [4.78, 5) is 32.4. The van der Waals surface area contributed by atoms with E-state index in [0.717, 1.165) is 28.8 Å². The molecule has 3 aromatic rings. The van der Waals surface area contributed by atoms with Gasteiger partial charge in [0.15, 0.2) is 0 Å². The number of carbonyl (C=O) groups is 2. The van der Waals surface area contributed by atoms with Crippen molar-refractivity contribution in [3.63, 3.8) is 0 Å². The van der Waals surface area contributed by atoms with E-state index in [2.05, 4.69) is 4.99 Å². The lowest BCUT2D eigenvalue weighted by atomic mass is 10.1. The van der Waals surface area contributed by atoms with Crippen LogP contribution in [0.4, 0.5) is 11.4 Å². The fourth-order valence-electron chi connectivity index (χ4n) is 3.59. The highest BCUT2D eigenvalue weighted by atomic mass is 32.2. The van der Waals surface area contributed by atoms with Crippen LogP contribution in [0.15, 0.2) is 88.4 Å². The zero-order chi connectivity index (χ0) is 25.3. The summed E-state index contributed by atoms with van der Waals surface area (Å²) in [5.74, 6) is -1.89. The van der Waals surface area contributed by atoms with Crippen LogP contribution in [-0.4, -0.2) is 49.9 Å². The van der Waals surface area contributed by atoms with Crippen LogP contribution in [0.3, 0.4) is 0 Å². The highest BCUT2D eigenvalue weighted by molar-refractivity contribution is 7.85. The van der Waals surface area contributed by atoms with Gasteiger partial charge < -0.3 is 10.0 Å². The van der Waals surface area contributed by atoms with Crippen LogP contribution in [0.5, 0.6) is 0 Å². The molecule has 0 aromatic heterocycles. The Hall–Kier alpha value is -4.28. The molecule has 0 bridgehead atoms. The molecule has 35 heavy (non-hydrogen) atoms. The number of aromatic carboxylic acids is 1. The summed E-state index contributed by atoms with van der Waals surface area (Å²) in [6.07, 6.45) is 1.57. The zero-order valence-corrected chi connectivity index (χ0v) is 19.6. The predicted octanol–water partition coefficient (Wildman–Crippen LogP) is 3.53. The van der Waals surface area contributed by atoms with Crippen LogP contribution in [0.25, 0.3) is 6.08 Å². The smallest absolute Gasteiger partial charge is 0.337 e. The van der Waals surface area contributed by atoms with Gasteiger partial charge in [0.2, 0.25) is 0 Å². The lowest BCUT2D eigenvalue weighted by molar-refractivity contribution is -0.113. The van der Waals surface area contributed by atoms with Crippen molar-refractivity contribution >= 4 is 45.3 Å². The van der Waals surface area contributed by atoms with Crippen molar-refractivity contribution in [1.29, 1.82) is 0 Å². The Balaban J connectivity index is 1.89. The second kappa shape index (κ2) is 9.16. The SMILES string of the molecule is CN(C)c1ccc(C=C2N=C(c3ccccc3)N(c3cc(S(=O)(=O)O)ccc3C(=O)O)C2=O)cc1. The van der Waals surface area contributed by atoms with Crippen molar-refractivity contribution < 1.29 is 27.7 Å². The first-order chi connectivity index (χ1) is 16.6. The number of hydrogen-bond donors (Lipinski definition) is 2. The van der Waals surface area contributed by atoms with Crippen molar-refractivity contribution in [2.75, 3.05) is 23.9 Å². The second-order valence-electron chi connectivity index (χ2n) is 7.92. The maximum Gasteiger partial charge on any atom is 0.337 e. The first-order valence-electron chi connectivity index (χ1n) is 10.4. The monoisotopic (exact) mass is 491 g/mol. The van der Waals surface area contributed by atoms with Gasteiger partial charge in [-0.15, -0.1) is 0 Å². The topological polar surface area (TPSA) is 128 Å². The minimum atomic E-state index is -4.66. The minimum Gasteiger partial charge on any atom is -0.478 e. The molecule has 178 valence electrons. The summed E-state index contributed by atoms with van der Waals surface area (Å²) in [6.45, 7) is 0. The molecule has 4 rings (SSSR count). The highest BCUT2D eigenvalue weighted by Crippen LogP contribution is 2.32. The number of benzene rings is 3. The van der Waals surface area contributed by atoms with E-state index in [9.17, 15) is 27.7 Å². The van der Waals surface area contributed by atoms with Crippen molar-refractivity contribution in [3.8, 4) is 0 Å². The Kier molecular flexibility index (Phi) is 6.25. The van der Waals surface area contributed by atoms with E-state index in [-0.39, 0.29) is 22.8 Å². The molecular weight excluding hydrogens is 470 g/mol. The van der Waals surface area contributed by atoms with Gasteiger partial charge in [0, 0.05) is 25.3 Å². The maximum atomic E-state index is 13.5. The highest BCUT2D eigenvalue weighted by Gasteiger charge is 2.35. The molecule has 1 aliphatic rings. The number of carbonyl (C=O) groups excluding carboxylic acids is 1. The molecule has 0 unspecified atom stereocenters. The summed E-state index contributed by atoms with van der Waals surface area (Å²) in [5, 5.41) is 9.73. The van der Waals surface area contributed by atoms with Crippen LogP contribution < -0.4 is 9.80 Å². The van der Waals surface area contributed by atoms with Crippen LogP contribution in [0.1, 0.15) is 21.5 Å². The van der Waals surface area contributed by atoms with Gasteiger partial charge in [0.05, 0.1) is 16.1 Å². The average Bonchev–Trinajstić information content (AvgIpc) is 3.14. The molecule has 0 saturated heterocycles. The molecule has 10 heteroatoms. The maximum absolute atomic E-state index is 13.5. The zero-order valence-electron chi connectivity index (χ0n) is 18.8. The quantitative estimate of drug-likeness (QED) is 0.399. The van der Waals surface area contributed by atoms with Gasteiger partial charge in [-0.2, -0.15) is 8.42 Å². The van der Waals surface area contributed by atoms with Gasteiger partial charge in [0.25, 0.3) is 16.0 Å². The molecule has 9 nitrogen and oxygen atoms in total. The number of hydrogen-bond acceptors (Lipinski definition) is 6. The largest absolute Gasteiger partial charge is 0.478 e. The molecule has 2 N–H and O–H groups in total. The third-order valence-corrected chi connectivity index (χ3v) is 6.19. The summed E-state index contributed by atoms with van der Waals surface area (Å²) < 4.78 is 33.0. The third-order valence-electron chi connectivity index (χ3n) is 5.34. The summed E-state index contributed by atoms with van der Waals surface area (Å²) >= 11 is 0. The number of aliphatic imine (C=N–C) groups is 1. The van der Waals surface area contributed by atoms with E-state index in [1.54, 1.807) is 36.4 Å². The Labute approximate surface area is 202 Å². The Morgan fingerprint density at radius 1 is 1.00 bits per heavy atom. The fourth-order valence-corrected chi connectivity index (χ4v) is 4.09. The summed E-state index contributed by atoms with van der Waals surface area (Å²) in [7, 11) is -0.848. The van der Waals surface area contributed by atoms with Crippen molar-refractivity contribution in [2.45, 2.75) is 4.90 Å². The van der Waals surface area contributed by atoms with Gasteiger partial charge in [-0.1, -0.05) is 42.5 Å². The number of amidine groups is 1. The number of carboxylic acids is 1. The number of carboxylic acid groups (broad SMARTS) is 1. The molecule has 0 radical (unpaired) electrons. The second-order valence-corrected chi connectivity index (χ2v) is 9.34. The van der Waals surface area contributed by atoms with Gasteiger partial charge in [0.1, 0.15) is 11.5 Å². The minimum absolute atomic E-state index is 0.0371. The van der Waals surface area contributed by atoms with Crippen LogP contribution in [0.2, 0.25) is 0 Å². The van der Waals surface area contributed by atoms with Gasteiger partial charge in [-0.3, -0.25) is 14.2 Å². The molecule has 1 amide bonds. The van der Waals surface area contributed by atoms with E-state index >= 15 is 0 Å². The number of rotatable bonds is 6. The van der Waals surface area contributed by atoms with E-state index in [0.29, 0.717) is 11.1 Å². The lowest BCUT2D eigenvalue weighted by Crippen LogP contribution is -2.34. The van der Waals surface area contributed by atoms with Crippen molar-refractivity contribution in [3.05, 3.63) is 95.2 Å². The van der Waals surface area contributed by atoms with Crippen LogP contribution in [-0.2, 0) is 14.9 Å². The standard InChI is InChI=1S/C25H21N3O6S/c1-27(2)18-10-8-16(9-11-18)14-21-24(29)28(23(26-21)17-6-4-3-5-7-17)22-15-19(35(32,33)34)12-13-20(22)25(30)31/h3-15H,1-2H3,(H,30,31)(H,32,33,34). The molecule has 0 aliphatic carbocycles. The molecule has 3 aromatic carbocycles. The molecular formula is C25H21N3O6S. The molecule has 1 heterocycles. The van der Waals surface area contributed by atoms with Gasteiger partial charge in [-0.25, -0.2) is 9.79 Å². The predicted molar refractivity (Wildman–Crippen MR) is 132 cm³/mol. The van der Waals surface area contributed by atoms with Gasteiger partial charge in [-0.05, 0) is 42.0 Å². The molecule has 0 saturated carbocycles. The third kappa shape index (κ3) is 4.84. The summed E-state index contributed by atoms with van der Waals surface area (Å²) in [6, 6.07) is 19.0. The Morgan fingerprint density at radius 2 is 1.66 bits per heavy atom. The number of amides is 1. The number of anilines is 2. The number of nitrogens with zero attached hydrogens (tertiary/aromatic N) is 3. The summed E-state index contributed by atoms with van der Waals surface area (Å²) in [5.41, 5.74) is 1.66. The molecule has 0 spiro atoms. The van der Waals surface area contributed by atoms with Crippen molar-refractivity contribution in [1.82, 2.24) is 0 Å². The lowest BCUT2D eigenvalue weighted by Gasteiger charge is -2.21. The fraction of sp³-hybridized carbons (Fsp3) is 0.0800. The molecule has 0 fully saturated rings. The van der Waals surface area contributed by atoms with E-state index in [1.807, 2.05) is 43.3 Å². The van der Waals surface area contributed by atoms with E-state index < -0.39 is 26.9 Å².